The van der Waals surface area contributed by atoms with Gasteiger partial charge in [0.15, 0.2) is 0 Å². The summed E-state index contributed by atoms with van der Waals surface area (Å²) in [5, 5.41) is 9.95. The van der Waals surface area contributed by atoms with Gasteiger partial charge in [-0.15, -0.1) is 0 Å². The Morgan fingerprint density at radius 1 is 0.952 bits per heavy atom. The van der Waals surface area contributed by atoms with Gasteiger partial charge in [0.25, 0.3) is 0 Å². The van der Waals surface area contributed by atoms with Crippen LogP contribution in [0.25, 0.3) is 0 Å². The fraction of sp³-hybridized carbons (Fsp3) is 0.655. The average molecular weight is 700 g/mol. The Bertz CT molecular complexity index is 749. The van der Waals surface area contributed by atoms with Crippen molar-refractivity contribution < 1.29 is 38.5 Å². The number of hydrogen-bond donors (Lipinski definition) is 2. The molecule has 0 aromatic rings. The van der Waals surface area contributed by atoms with E-state index in [9.17, 15) is 24.3 Å². The van der Waals surface area contributed by atoms with Crippen LogP contribution in [0, 0.1) is 17.8 Å². The number of rotatable bonds is 11. The van der Waals surface area contributed by atoms with E-state index >= 15 is 0 Å². The van der Waals surface area contributed by atoms with Gasteiger partial charge in [-0.25, -0.2) is 14.4 Å². The molecule has 0 saturated heterocycles. The number of alkyl halides is 1. The van der Waals surface area contributed by atoms with E-state index in [0.29, 0.717) is 36.6 Å². The molecule has 0 amide bonds. The fourth-order valence-corrected chi connectivity index (χ4v) is 2.16. The molecule has 0 aromatic heterocycles. The quantitative estimate of drug-likeness (QED) is 0.0480. The Kier molecular flexibility index (Phi) is 52.2. The molecule has 0 aliphatic carbocycles. The van der Waals surface area contributed by atoms with Crippen LogP contribution in [0.1, 0.15) is 62.3 Å². The number of allylic oxidation sites excluding steroid dienone is 1. The molecule has 42 heavy (non-hydrogen) atoms. The standard InChI is InChI=1S/C9H15BrO2.C9H16O3.C5H8O2.C4H8O.C2H6S.BHNS/c1-4-12-9(11)8(6-10)5-7(2)3;1-5-12-9(11)7(4)8(10)6(2)3;1-3-5(6)7-4-2;1-4(2)3-5;1-3-2;1-2-3/h5,7H,4,6H2,1-3H3;6,8,10H,4-5H2,1-3H3;3H,1,4H2,2H3;3-4H,1-2H3;1-2H3;3H/b8-5+;;;;;. The summed E-state index contributed by atoms with van der Waals surface area (Å²) < 4.78 is 16.7. The molecule has 0 rings (SSSR count). The third-order valence-electron chi connectivity index (χ3n) is 3.47. The Hall–Kier alpha value is -1.70. The van der Waals surface area contributed by atoms with Crippen LogP contribution in [-0.4, -0.2) is 80.7 Å². The Morgan fingerprint density at radius 2 is 1.31 bits per heavy atom. The van der Waals surface area contributed by atoms with Gasteiger partial charge in [0.2, 0.25) is 0 Å². The van der Waals surface area contributed by atoms with Crippen molar-refractivity contribution in [3.8, 4) is 0 Å². The number of thioether (sulfide) groups is 1. The van der Waals surface area contributed by atoms with E-state index in [1.54, 1.807) is 32.5 Å². The van der Waals surface area contributed by atoms with Crippen LogP contribution in [0.3, 0.4) is 0 Å². The maximum absolute atomic E-state index is 11.2. The van der Waals surface area contributed by atoms with Gasteiger partial charge in [-0.3, -0.25) is 0 Å². The van der Waals surface area contributed by atoms with Crippen LogP contribution in [0.4, 0.5) is 0 Å². The summed E-state index contributed by atoms with van der Waals surface area (Å²) in [6.45, 7) is 24.5. The molecule has 0 fully saturated rings. The number of thiol groups is 1. The minimum absolute atomic E-state index is 0.0121. The van der Waals surface area contributed by atoms with Crippen molar-refractivity contribution in [1.82, 2.24) is 0 Å². The van der Waals surface area contributed by atoms with E-state index in [1.807, 2.05) is 60.1 Å². The number of carbonyl (C=O) groups excluding carboxylic acids is 4. The molecule has 0 aliphatic heterocycles. The molecule has 0 bridgehead atoms. The number of aliphatic hydroxyl groups excluding tert-OH is 1. The summed E-state index contributed by atoms with van der Waals surface area (Å²) in [5.74, 6) is -0.525. The molecule has 0 saturated carbocycles. The predicted octanol–water partition coefficient (Wildman–Crippen LogP) is 6.39. The monoisotopic (exact) mass is 698 g/mol. The van der Waals surface area contributed by atoms with Crippen LogP contribution in [0.2, 0.25) is 0 Å². The second-order valence-electron chi connectivity index (χ2n) is 8.58. The summed E-state index contributed by atoms with van der Waals surface area (Å²) >= 11 is 8.19. The Labute approximate surface area is 274 Å². The summed E-state index contributed by atoms with van der Waals surface area (Å²) in [6.07, 6.45) is 7.25. The number of aliphatic hydroxyl groups is 1. The molecule has 0 aromatic carbocycles. The first-order chi connectivity index (χ1) is 19.5. The second kappa shape index (κ2) is 41.4. The number of halogens is 1. The zero-order valence-electron chi connectivity index (χ0n) is 27.3. The number of esters is 3. The normalized spacial score (nSPS) is 10.0. The van der Waals surface area contributed by atoms with Crippen LogP contribution in [-0.2, 0) is 33.4 Å². The topological polar surface area (TPSA) is 129 Å². The average Bonchev–Trinajstić information content (AvgIpc) is 2.92. The van der Waals surface area contributed by atoms with Gasteiger partial charge in [0.05, 0.1) is 31.5 Å². The summed E-state index contributed by atoms with van der Waals surface area (Å²) in [4.78, 5) is 41.8. The van der Waals surface area contributed by atoms with Crippen LogP contribution in [0.15, 0.2) is 40.8 Å². The first kappa shape index (κ1) is 52.9. The van der Waals surface area contributed by atoms with Gasteiger partial charge in [-0.05, 0) is 45.1 Å². The molecule has 0 aliphatic rings. The van der Waals surface area contributed by atoms with Crippen molar-refractivity contribution in [3.05, 3.63) is 36.5 Å². The van der Waals surface area contributed by atoms with Gasteiger partial charge in [-0.1, -0.05) is 76.7 Å². The molecule has 1 N–H and O–H groups in total. The van der Waals surface area contributed by atoms with Crippen molar-refractivity contribution in [1.29, 1.82) is 0 Å². The molecule has 1 radical (unpaired) electrons. The van der Waals surface area contributed by atoms with Crippen molar-refractivity contribution in [2.45, 2.75) is 68.4 Å². The van der Waals surface area contributed by atoms with Crippen molar-refractivity contribution in [2.24, 2.45) is 22.1 Å². The van der Waals surface area contributed by atoms with Gasteiger partial charge in [0.1, 0.15) is 6.29 Å². The van der Waals surface area contributed by atoms with Crippen molar-refractivity contribution in [2.75, 3.05) is 37.7 Å². The van der Waals surface area contributed by atoms with Gasteiger partial charge >= 0.3 is 42.7 Å². The molecular weight excluding hydrogens is 645 g/mol. The number of nitrogens with zero attached hydrogens (tertiary/aromatic N) is 1. The van der Waals surface area contributed by atoms with E-state index in [-0.39, 0.29) is 29.3 Å². The third kappa shape index (κ3) is 48.1. The number of ether oxygens (including phenoxy) is 3. The van der Waals surface area contributed by atoms with Gasteiger partial charge < -0.3 is 24.1 Å². The molecule has 9 nitrogen and oxygen atoms in total. The van der Waals surface area contributed by atoms with Crippen LogP contribution >= 0.6 is 40.5 Å². The summed E-state index contributed by atoms with van der Waals surface area (Å²) in [7, 11) is 4.34. The maximum atomic E-state index is 11.2. The van der Waals surface area contributed by atoms with E-state index in [0.717, 1.165) is 12.4 Å². The number of hydrogen-bond acceptors (Lipinski definition) is 11. The Morgan fingerprint density at radius 3 is 1.52 bits per heavy atom. The van der Waals surface area contributed by atoms with E-state index in [2.05, 4.69) is 63.3 Å². The first-order valence-corrected chi connectivity index (χ1v) is 16.3. The van der Waals surface area contributed by atoms with Crippen LogP contribution < -0.4 is 0 Å². The molecule has 13 heteroatoms. The van der Waals surface area contributed by atoms with Crippen molar-refractivity contribution in [3.63, 3.8) is 0 Å². The predicted molar refractivity (Wildman–Crippen MR) is 184 cm³/mol. The molecule has 1 unspecified atom stereocenters. The van der Waals surface area contributed by atoms with E-state index < -0.39 is 12.1 Å². The zero-order chi connectivity index (χ0) is 34.7. The molecule has 0 spiro atoms. The molecule has 0 heterocycles. The molecule has 1 atom stereocenters. The summed E-state index contributed by atoms with van der Waals surface area (Å²) in [5.41, 5.74) is 0.832. The van der Waals surface area contributed by atoms with E-state index in [4.69, 9.17) is 4.74 Å². The van der Waals surface area contributed by atoms with E-state index in [1.165, 1.54) is 0 Å². The third-order valence-corrected chi connectivity index (χ3v) is 4.07. The SMILES string of the molecule is C=C(C(=O)OCC)C(O)C(C)C.C=CC(=O)OCC.CC(C)C=O.CCOC(=O)/C(=C/C(C)C)CBr.CSC.[B]=NS. The van der Waals surface area contributed by atoms with Crippen molar-refractivity contribution >= 4 is 72.3 Å². The first-order valence-electron chi connectivity index (χ1n) is 13.2. The number of carbonyl (C=O) groups is 4. The molecule has 245 valence electrons. The zero-order valence-corrected chi connectivity index (χ0v) is 30.6. The van der Waals surface area contributed by atoms with Gasteiger partial charge in [0, 0.05) is 22.9 Å². The Balaban J connectivity index is -0.000000100. The number of aldehydes is 1. The minimum atomic E-state index is -0.802. The molecular formula is C29H54BBrNO8S2. The summed E-state index contributed by atoms with van der Waals surface area (Å²) in [6, 6.07) is 0. The van der Waals surface area contributed by atoms with Crippen LogP contribution in [0.5, 0.6) is 0 Å². The van der Waals surface area contributed by atoms with Gasteiger partial charge in [-0.2, -0.15) is 11.8 Å². The fourth-order valence-electron chi connectivity index (χ4n) is 1.74. The second-order valence-corrected chi connectivity index (χ2v) is 10.2.